The number of carbonyl (C=O) groups is 2. The molecule has 1 fully saturated rings. The highest BCUT2D eigenvalue weighted by molar-refractivity contribution is 7.20. The molecule has 1 aliphatic heterocycles. The largest absolute Gasteiger partial charge is 0.465 e. The number of carboxylic acid groups (broad SMARTS) is 1. The quantitative estimate of drug-likeness (QED) is 0.856. The van der Waals surface area contributed by atoms with Crippen LogP contribution in [0.15, 0.2) is 18.2 Å². The van der Waals surface area contributed by atoms with Crippen molar-refractivity contribution in [2.75, 3.05) is 6.54 Å². The summed E-state index contributed by atoms with van der Waals surface area (Å²) in [4.78, 5) is 29.4. The maximum absolute atomic E-state index is 12.6. The zero-order valence-electron chi connectivity index (χ0n) is 11.1. The van der Waals surface area contributed by atoms with Gasteiger partial charge in [-0.2, -0.15) is 0 Å². The summed E-state index contributed by atoms with van der Waals surface area (Å²) in [6, 6.07) is 4.75. The summed E-state index contributed by atoms with van der Waals surface area (Å²) >= 11 is 7.33. The molecule has 7 heteroatoms. The van der Waals surface area contributed by atoms with Gasteiger partial charge in [-0.15, -0.1) is 11.3 Å². The number of halogens is 1. The molecule has 0 bridgehead atoms. The minimum atomic E-state index is -1.05. The predicted molar refractivity (Wildman–Crippen MR) is 81.3 cm³/mol. The molecule has 2 heterocycles. The normalized spacial score (nSPS) is 18.9. The maximum atomic E-state index is 12.6. The van der Waals surface area contributed by atoms with Gasteiger partial charge in [-0.25, -0.2) is 9.78 Å². The number of benzene rings is 1. The molecule has 1 aromatic heterocycles. The van der Waals surface area contributed by atoms with Gasteiger partial charge < -0.3 is 5.11 Å². The van der Waals surface area contributed by atoms with Crippen molar-refractivity contribution in [1.82, 2.24) is 9.88 Å². The van der Waals surface area contributed by atoms with E-state index in [1.165, 1.54) is 16.2 Å². The summed E-state index contributed by atoms with van der Waals surface area (Å²) in [5.74, 6) is -0.227. The number of Topliss-reactive ketones (excluding diaryl/α,β-unsaturated/α-hetero) is 1. The van der Waals surface area contributed by atoms with Gasteiger partial charge in [-0.3, -0.25) is 9.69 Å². The van der Waals surface area contributed by atoms with Crippen LogP contribution in [0.2, 0.25) is 5.02 Å². The standard InChI is InChI=1S/C14H13ClN2O3S/c15-8-4-3-6-10-11(8)16-13(21-10)12(18)9-5-1-2-7-17(9)14(19)20/h3-4,6,9H,1-2,5,7H2,(H,19,20). The molecule has 0 saturated carbocycles. The van der Waals surface area contributed by atoms with Crippen molar-refractivity contribution in [1.29, 1.82) is 0 Å². The number of hydrogen-bond donors (Lipinski definition) is 1. The molecule has 2 aromatic rings. The van der Waals surface area contributed by atoms with Crippen LogP contribution in [-0.2, 0) is 0 Å². The summed E-state index contributed by atoms with van der Waals surface area (Å²) in [7, 11) is 0. The summed E-state index contributed by atoms with van der Waals surface area (Å²) < 4.78 is 0.837. The fourth-order valence-electron chi connectivity index (χ4n) is 2.60. The van der Waals surface area contributed by atoms with Gasteiger partial charge >= 0.3 is 6.09 Å². The summed E-state index contributed by atoms with van der Waals surface area (Å²) in [5.41, 5.74) is 0.602. The zero-order chi connectivity index (χ0) is 15.0. The Hall–Kier alpha value is -1.66. The second-order valence-electron chi connectivity index (χ2n) is 4.96. The molecule has 3 rings (SSSR count). The van der Waals surface area contributed by atoms with Crippen LogP contribution < -0.4 is 0 Å². The first kappa shape index (κ1) is 14.3. The van der Waals surface area contributed by atoms with E-state index in [0.717, 1.165) is 17.5 Å². The monoisotopic (exact) mass is 324 g/mol. The Kier molecular flexibility index (Phi) is 3.82. The van der Waals surface area contributed by atoms with E-state index in [1.54, 1.807) is 12.1 Å². The maximum Gasteiger partial charge on any atom is 0.407 e. The molecular weight excluding hydrogens is 312 g/mol. The Bertz CT molecular complexity index is 715. The van der Waals surface area contributed by atoms with Crippen LogP contribution in [0, 0.1) is 0 Å². The number of piperidine rings is 1. The summed E-state index contributed by atoms with van der Waals surface area (Å²) in [6.07, 6.45) is 1.15. The van der Waals surface area contributed by atoms with Crippen molar-refractivity contribution in [3.05, 3.63) is 28.2 Å². The average Bonchev–Trinajstić information content (AvgIpc) is 2.92. The predicted octanol–water partition coefficient (Wildman–Crippen LogP) is 3.66. The Morgan fingerprint density at radius 2 is 2.19 bits per heavy atom. The van der Waals surface area contributed by atoms with Gasteiger partial charge in [0.15, 0.2) is 5.01 Å². The number of likely N-dealkylation sites (tertiary alicyclic amines) is 1. The second kappa shape index (κ2) is 5.61. The van der Waals surface area contributed by atoms with E-state index < -0.39 is 12.1 Å². The molecule has 1 N–H and O–H groups in total. The number of nitrogens with zero attached hydrogens (tertiary/aromatic N) is 2. The lowest BCUT2D eigenvalue weighted by atomic mass is 9.99. The van der Waals surface area contributed by atoms with Gasteiger partial charge in [0.2, 0.25) is 5.78 Å². The molecule has 5 nitrogen and oxygen atoms in total. The second-order valence-corrected chi connectivity index (χ2v) is 6.40. The van der Waals surface area contributed by atoms with Gasteiger partial charge in [0, 0.05) is 6.54 Å². The number of carbonyl (C=O) groups excluding carboxylic acids is 1. The van der Waals surface area contributed by atoms with Crippen molar-refractivity contribution in [3.63, 3.8) is 0 Å². The number of rotatable bonds is 2. The first-order valence-corrected chi connectivity index (χ1v) is 7.86. The smallest absolute Gasteiger partial charge is 0.407 e. The van der Waals surface area contributed by atoms with E-state index in [2.05, 4.69) is 4.98 Å². The Morgan fingerprint density at radius 1 is 1.38 bits per heavy atom. The lowest BCUT2D eigenvalue weighted by molar-refractivity contribution is 0.0714. The van der Waals surface area contributed by atoms with E-state index in [9.17, 15) is 14.7 Å². The topological polar surface area (TPSA) is 70.5 Å². The third-order valence-corrected chi connectivity index (χ3v) is 4.97. The van der Waals surface area contributed by atoms with Crippen LogP contribution in [-0.4, -0.2) is 39.5 Å². The number of hydrogen-bond acceptors (Lipinski definition) is 4. The summed E-state index contributed by atoms with van der Waals surface area (Å²) in [6.45, 7) is 0.400. The van der Waals surface area contributed by atoms with Gasteiger partial charge in [-0.05, 0) is 31.4 Å². The number of aromatic nitrogens is 1. The van der Waals surface area contributed by atoms with Crippen LogP contribution in [0.1, 0.15) is 29.1 Å². The third-order valence-electron chi connectivity index (χ3n) is 3.63. The number of fused-ring (bicyclic) bond motifs is 1. The molecule has 1 aliphatic rings. The van der Waals surface area contributed by atoms with Crippen molar-refractivity contribution in [2.24, 2.45) is 0 Å². The van der Waals surface area contributed by atoms with Gasteiger partial charge in [0.05, 0.1) is 9.72 Å². The minimum absolute atomic E-state index is 0.227. The van der Waals surface area contributed by atoms with Gasteiger partial charge in [0.25, 0.3) is 0 Å². The average molecular weight is 325 g/mol. The fourth-order valence-corrected chi connectivity index (χ4v) is 3.85. The lowest BCUT2D eigenvalue weighted by Gasteiger charge is -2.31. The molecular formula is C14H13ClN2O3S. The zero-order valence-corrected chi connectivity index (χ0v) is 12.7. The third kappa shape index (κ3) is 2.61. The molecule has 110 valence electrons. The molecule has 1 atom stereocenters. The number of ketones is 1. The van der Waals surface area contributed by atoms with E-state index in [0.29, 0.717) is 28.5 Å². The lowest BCUT2D eigenvalue weighted by Crippen LogP contribution is -2.47. The first-order valence-electron chi connectivity index (χ1n) is 6.67. The minimum Gasteiger partial charge on any atom is -0.465 e. The van der Waals surface area contributed by atoms with E-state index in [-0.39, 0.29) is 5.78 Å². The van der Waals surface area contributed by atoms with Crippen molar-refractivity contribution >= 4 is 45.0 Å². The Morgan fingerprint density at radius 3 is 2.90 bits per heavy atom. The molecule has 1 saturated heterocycles. The molecule has 1 amide bonds. The van der Waals surface area contributed by atoms with Crippen molar-refractivity contribution < 1.29 is 14.7 Å². The summed E-state index contributed by atoms with van der Waals surface area (Å²) in [5, 5.41) is 10.1. The van der Waals surface area contributed by atoms with Gasteiger partial charge in [0.1, 0.15) is 11.6 Å². The fraction of sp³-hybridized carbons (Fsp3) is 0.357. The Labute approximate surface area is 130 Å². The van der Waals surface area contributed by atoms with Crippen LogP contribution >= 0.6 is 22.9 Å². The molecule has 1 aromatic carbocycles. The van der Waals surface area contributed by atoms with Crippen LogP contribution in [0.25, 0.3) is 10.2 Å². The number of thiazole rings is 1. The molecule has 21 heavy (non-hydrogen) atoms. The molecule has 0 spiro atoms. The molecule has 0 aliphatic carbocycles. The molecule has 1 unspecified atom stereocenters. The number of para-hydroxylation sites is 1. The van der Waals surface area contributed by atoms with Crippen LogP contribution in [0.5, 0.6) is 0 Å². The molecule has 0 radical (unpaired) electrons. The highest BCUT2D eigenvalue weighted by Crippen LogP contribution is 2.30. The van der Waals surface area contributed by atoms with Crippen LogP contribution in [0.4, 0.5) is 4.79 Å². The van der Waals surface area contributed by atoms with Crippen molar-refractivity contribution in [2.45, 2.75) is 25.3 Å². The van der Waals surface area contributed by atoms with Crippen molar-refractivity contribution in [3.8, 4) is 0 Å². The van der Waals surface area contributed by atoms with E-state index in [1.807, 2.05) is 6.07 Å². The Balaban J connectivity index is 1.95. The first-order chi connectivity index (χ1) is 10.1. The van der Waals surface area contributed by atoms with E-state index in [4.69, 9.17) is 11.6 Å². The highest BCUT2D eigenvalue weighted by Gasteiger charge is 2.34. The van der Waals surface area contributed by atoms with E-state index >= 15 is 0 Å². The SMILES string of the molecule is O=C(c1nc2c(Cl)cccc2s1)C1CCCCN1C(=O)O. The van der Waals surface area contributed by atoms with Crippen LogP contribution in [0.3, 0.4) is 0 Å². The number of amides is 1. The van der Waals surface area contributed by atoms with Gasteiger partial charge in [-0.1, -0.05) is 17.7 Å². The highest BCUT2D eigenvalue weighted by atomic mass is 35.5.